The van der Waals surface area contributed by atoms with Gasteiger partial charge in [0.2, 0.25) is 0 Å². The molecule has 0 aromatic rings. The van der Waals surface area contributed by atoms with Crippen molar-refractivity contribution in [3.8, 4) is 0 Å². The summed E-state index contributed by atoms with van der Waals surface area (Å²) in [6.07, 6.45) is -5.89. The van der Waals surface area contributed by atoms with Crippen molar-refractivity contribution in [3.05, 3.63) is 0 Å². The maximum Gasteiger partial charge on any atom is 1.00 e. The number of rotatable bonds is 9. The molecule has 0 bridgehead atoms. The van der Waals surface area contributed by atoms with Crippen molar-refractivity contribution in [2.45, 2.75) is 37.9 Å². The van der Waals surface area contributed by atoms with E-state index in [1.165, 1.54) is 0 Å². The normalized spacial score (nSPS) is 10.9. The maximum atomic E-state index is 9.74. The third-order valence-electron chi connectivity index (χ3n) is 1.90. The number of aliphatic carboxylic acids is 6. The predicted octanol–water partition coefficient (Wildman–Crippen LogP) is -6.58. The molecule has 27 heavy (non-hydrogen) atoms. The van der Waals surface area contributed by atoms with Gasteiger partial charge < -0.3 is 45.6 Å². The first-order valence-electron chi connectivity index (χ1n) is 6.39. The fraction of sp³-hybridized carbons (Fsp3) is 0.500. The summed E-state index contributed by atoms with van der Waals surface area (Å²) in [4.78, 5) is 58.0. The average molecular weight is 424 g/mol. The van der Waals surface area contributed by atoms with E-state index in [2.05, 4.69) is 0 Å². The Labute approximate surface area is 193 Å². The van der Waals surface area contributed by atoms with Crippen LogP contribution in [0.15, 0.2) is 0 Å². The molecule has 7 N–H and O–H groups in total. The van der Waals surface area contributed by atoms with Crippen LogP contribution < -0.4 is 56.5 Å². The maximum absolute atomic E-state index is 9.74. The Kier molecular flexibility index (Phi) is 23.4. The van der Waals surface area contributed by atoms with Crippen LogP contribution in [0.25, 0.3) is 0 Å². The van der Waals surface area contributed by atoms with E-state index in [0.29, 0.717) is 0 Å². The molecule has 0 saturated carbocycles. The van der Waals surface area contributed by atoms with Crippen LogP contribution in [0.2, 0.25) is 0 Å². The molecule has 0 amide bonds. The minimum absolute atomic E-state index is 0. The van der Waals surface area contributed by atoms with Crippen molar-refractivity contribution in [1.29, 1.82) is 0 Å². The summed E-state index contributed by atoms with van der Waals surface area (Å²) in [6.45, 7) is 0. The third kappa shape index (κ3) is 29.4. The molecule has 0 heterocycles. The first-order valence-corrected chi connectivity index (χ1v) is 6.39. The quantitative estimate of drug-likeness (QED) is 0.170. The van der Waals surface area contributed by atoms with Gasteiger partial charge in [-0.1, -0.05) is 0 Å². The molecular formula is C12H17KO14. The first-order chi connectivity index (χ1) is 11.7. The number of carboxylic acids is 6. The standard InChI is InChI=1S/C4H6O6.2C4H6O4.K/c5-1(3(7)8)2(6)4(9)10;2*5-3(6)1-2-4(7)8;/h1-2,5-6H,(H,7,8)(H,9,10);2*1-2H2,(H,5,6)(H,7,8);/q;;;+1/p-1. The van der Waals surface area contributed by atoms with Gasteiger partial charge in [0, 0.05) is 0 Å². The zero-order valence-corrected chi connectivity index (χ0v) is 17.1. The summed E-state index contributed by atoms with van der Waals surface area (Å²) in [5.41, 5.74) is 0. The van der Waals surface area contributed by atoms with Crippen LogP contribution in [0, 0.1) is 0 Å². The van der Waals surface area contributed by atoms with E-state index in [0.717, 1.165) is 0 Å². The van der Waals surface area contributed by atoms with E-state index >= 15 is 0 Å². The van der Waals surface area contributed by atoms with Gasteiger partial charge in [-0.15, -0.1) is 0 Å². The van der Waals surface area contributed by atoms with Gasteiger partial charge in [0.05, 0.1) is 31.7 Å². The van der Waals surface area contributed by atoms with Gasteiger partial charge in [-0.3, -0.25) is 19.2 Å². The molecule has 14 nitrogen and oxygen atoms in total. The number of hydrogen-bond acceptors (Lipinski definition) is 9. The smallest absolute Gasteiger partial charge is 0.547 e. The second kappa shape index (κ2) is 19.1. The number of carboxylic acid groups (broad SMARTS) is 6. The van der Waals surface area contributed by atoms with Gasteiger partial charge in [-0.2, -0.15) is 0 Å². The molecule has 0 radical (unpaired) electrons. The van der Waals surface area contributed by atoms with Crippen LogP contribution in [0.1, 0.15) is 25.7 Å². The van der Waals surface area contributed by atoms with Crippen LogP contribution in [0.4, 0.5) is 0 Å². The van der Waals surface area contributed by atoms with Crippen molar-refractivity contribution in [2.75, 3.05) is 0 Å². The van der Waals surface area contributed by atoms with E-state index in [4.69, 9.17) is 35.7 Å². The van der Waals surface area contributed by atoms with Crippen LogP contribution in [-0.4, -0.2) is 83.8 Å². The topological polar surface area (TPSA) is 267 Å². The molecule has 0 aliphatic heterocycles. The second-order valence-corrected chi connectivity index (χ2v) is 4.12. The van der Waals surface area contributed by atoms with E-state index in [1.54, 1.807) is 0 Å². The molecule has 150 valence electrons. The second-order valence-electron chi connectivity index (χ2n) is 4.12. The van der Waals surface area contributed by atoms with Crippen molar-refractivity contribution in [3.63, 3.8) is 0 Å². The summed E-state index contributed by atoms with van der Waals surface area (Å²) in [7, 11) is 0. The molecule has 15 heteroatoms. The number of aliphatic hydroxyl groups is 2. The largest absolute Gasteiger partial charge is 1.00 e. The van der Waals surface area contributed by atoms with Crippen molar-refractivity contribution < 1.29 is 121 Å². The fourth-order valence-corrected chi connectivity index (χ4v) is 0.692. The minimum atomic E-state index is -2.38. The van der Waals surface area contributed by atoms with Crippen molar-refractivity contribution >= 4 is 35.8 Å². The van der Waals surface area contributed by atoms with E-state index in [1.807, 2.05) is 0 Å². The molecule has 0 aliphatic carbocycles. The van der Waals surface area contributed by atoms with Gasteiger partial charge in [0.1, 0.15) is 6.10 Å². The van der Waals surface area contributed by atoms with Gasteiger partial charge in [0.15, 0.2) is 6.10 Å². The molecule has 2 unspecified atom stereocenters. The summed E-state index contributed by atoms with van der Waals surface area (Å²) in [6, 6.07) is 0. The zero-order valence-electron chi connectivity index (χ0n) is 14.0. The average Bonchev–Trinajstić information content (AvgIpc) is 2.50. The van der Waals surface area contributed by atoms with Gasteiger partial charge in [-0.05, 0) is 0 Å². The van der Waals surface area contributed by atoms with E-state index < -0.39 is 48.0 Å². The van der Waals surface area contributed by atoms with E-state index in [-0.39, 0.29) is 77.1 Å². The molecule has 0 aromatic carbocycles. The molecule has 0 aliphatic rings. The fourth-order valence-electron chi connectivity index (χ4n) is 0.692. The Balaban J connectivity index is -0.000000146. The minimum Gasteiger partial charge on any atom is -0.547 e. The summed E-state index contributed by atoms with van der Waals surface area (Å²) in [5.74, 6) is -8.13. The molecular weight excluding hydrogens is 407 g/mol. The third-order valence-corrected chi connectivity index (χ3v) is 1.90. The Morgan fingerprint density at radius 1 is 0.593 bits per heavy atom. The molecule has 2 atom stereocenters. The van der Waals surface area contributed by atoms with Gasteiger partial charge in [-0.25, -0.2) is 4.79 Å². The number of carbonyl (C=O) groups excluding carboxylic acids is 1. The summed E-state index contributed by atoms with van der Waals surface area (Å²) >= 11 is 0. The SMILES string of the molecule is O=C(O)CCC(=O)O.O=C(O)CCC(=O)O.O=C([O-])C(O)C(O)C(=O)O.[K+]. The number of hydrogen-bond donors (Lipinski definition) is 7. The molecule has 0 saturated heterocycles. The van der Waals surface area contributed by atoms with Crippen LogP contribution in [0.5, 0.6) is 0 Å². The number of carbonyl (C=O) groups is 6. The van der Waals surface area contributed by atoms with Crippen LogP contribution in [0.3, 0.4) is 0 Å². The first kappa shape index (κ1) is 33.0. The monoisotopic (exact) mass is 424 g/mol. The van der Waals surface area contributed by atoms with E-state index in [9.17, 15) is 33.9 Å². The van der Waals surface area contributed by atoms with Crippen LogP contribution >= 0.6 is 0 Å². The summed E-state index contributed by atoms with van der Waals surface area (Å²) in [5, 5.41) is 65.7. The van der Waals surface area contributed by atoms with Crippen molar-refractivity contribution in [1.82, 2.24) is 0 Å². The Morgan fingerprint density at radius 2 is 0.815 bits per heavy atom. The van der Waals surface area contributed by atoms with Crippen LogP contribution in [-0.2, 0) is 28.8 Å². The Morgan fingerprint density at radius 3 is 0.889 bits per heavy atom. The van der Waals surface area contributed by atoms with Gasteiger partial charge >= 0.3 is 81.2 Å². The zero-order chi connectivity index (χ0) is 21.4. The van der Waals surface area contributed by atoms with Gasteiger partial charge in [0.25, 0.3) is 0 Å². The molecule has 0 aromatic heterocycles. The Hall–Kier alpha value is -1.62. The number of aliphatic hydroxyl groups excluding tert-OH is 2. The Bertz CT molecular complexity index is 442. The summed E-state index contributed by atoms with van der Waals surface area (Å²) < 4.78 is 0. The predicted molar refractivity (Wildman–Crippen MR) is 73.7 cm³/mol. The molecule has 0 rings (SSSR count). The molecule has 0 fully saturated rings. The van der Waals surface area contributed by atoms with Crippen molar-refractivity contribution in [2.24, 2.45) is 0 Å². The molecule has 0 spiro atoms.